The first-order valence-electron chi connectivity index (χ1n) is 3.68. The Morgan fingerprint density at radius 1 is 1.22 bits per heavy atom. The van der Waals surface area contributed by atoms with Crippen molar-refractivity contribution in [1.82, 2.24) is 0 Å². The summed E-state index contributed by atoms with van der Waals surface area (Å²) < 4.78 is 0. The first-order chi connectivity index (χ1) is 4.27. The fourth-order valence-electron chi connectivity index (χ4n) is 1.44. The lowest BCUT2D eigenvalue weighted by Gasteiger charge is -2.25. The minimum absolute atomic E-state index is 0.0260. The molecule has 9 heavy (non-hydrogen) atoms. The van der Waals surface area contributed by atoms with Crippen molar-refractivity contribution in [2.45, 2.75) is 39.0 Å². The Labute approximate surface area is 56.7 Å². The molecule has 0 bridgehead atoms. The van der Waals surface area contributed by atoms with Crippen LogP contribution in [0.15, 0.2) is 0 Å². The van der Waals surface area contributed by atoms with Gasteiger partial charge in [0.05, 0.1) is 11.5 Å². The number of hydrogen-bond acceptors (Lipinski definition) is 1. The molecule has 0 heterocycles. The lowest BCUT2D eigenvalue weighted by Crippen LogP contribution is -2.16. The second-order valence-electron chi connectivity index (χ2n) is 3.23. The van der Waals surface area contributed by atoms with E-state index in [2.05, 4.69) is 13.0 Å². The summed E-state index contributed by atoms with van der Waals surface area (Å²) in [5.74, 6) is 0. The summed E-state index contributed by atoms with van der Waals surface area (Å²) in [6, 6.07) is 2.38. The molecule has 1 saturated carbocycles. The number of nitriles is 1. The molecular weight excluding hydrogens is 110 g/mol. The normalized spacial score (nSPS) is 24.9. The van der Waals surface area contributed by atoms with Crippen LogP contribution < -0.4 is 0 Å². The molecule has 0 N–H and O–H groups in total. The van der Waals surface area contributed by atoms with Gasteiger partial charge in [0, 0.05) is 0 Å². The minimum Gasteiger partial charge on any atom is -0.198 e. The van der Waals surface area contributed by atoms with Crippen molar-refractivity contribution in [3.05, 3.63) is 0 Å². The van der Waals surface area contributed by atoms with Gasteiger partial charge in [-0.25, -0.2) is 0 Å². The van der Waals surface area contributed by atoms with E-state index in [1.54, 1.807) is 0 Å². The average molecular weight is 123 g/mol. The summed E-state index contributed by atoms with van der Waals surface area (Å²) >= 11 is 0. The second-order valence-corrected chi connectivity index (χ2v) is 3.23. The van der Waals surface area contributed by atoms with Crippen molar-refractivity contribution in [1.29, 1.82) is 5.26 Å². The van der Waals surface area contributed by atoms with E-state index in [0.717, 1.165) is 12.8 Å². The van der Waals surface area contributed by atoms with Crippen LogP contribution in [-0.2, 0) is 0 Å². The molecule has 0 radical (unpaired) electrons. The highest BCUT2D eigenvalue weighted by atomic mass is 14.4. The molecule has 0 aromatic rings. The van der Waals surface area contributed by atoms with E-state index in [-0.39, 0.29) is 5.41 Å². The molecule has 1 fully saturated rings. The molecule has 0 aromatic heterocycles. The lowest BCUT2D eigenvalue weighted by atomic mass is 9.77. The van der Waals surface area contributed by atoms with Crippen LogP contribution in [-0.4, -0.2) is 0 Å². The van der Waals surface area contributed by atoms with Crippen molar-refractivity contribution in [2.24, 2.45) is 5.41 Å². The Morgan fingerprint density at radius 2 is 1.78 bits per heavy atom. The summed E-state index contributed by atoms with van der Waals surface area (Å²) in [7, 11) is 0. The molecule has 0 amide bonds. The van der Waals surface area contributed by atoms with Crippen molar-refractivity contribution in [2.75, 3.05) is 0 Å². The molecule has 0 aliphatic heterocycles. The predicted octanol–water partition coefficient (Wildman–Crippen LogP) is 2.48. The maximum Gasteiger partial charge on any atom is 0.0686 e. The fraction of sp³-hybridized carbons (Fsp3) is 0.875. The average Bonchev–Trinajstić information content (AvgIpc) is 1.90. The quantitative estimate of drug-likeness (QED) is 0.485. The maximum atomic E-state index is 8.70. The van der Waals surface area contributed by atoms with Crippen LogP contribution in [0.1, 0.15) is 39.0 Å². The number of nitrogens with zero attached hydrogens (tertiary/aromatic N) is 1. The zero-order valence-corrected chi connectivity index (χ0v) is 5.98. The minimum atomic E-state index is 0.0260. The Balaban J connectivity index is 2.49. The van der Waals surface area contributed by atoms with Crippen LogP contribution >= 0.6 is 0 Å². The fourth-order valence-corrected chi connectivity index (χ4v) is 1.44. The van der Waals surface area contributed by atoms with Gasteiger partial charge in [-0.3, -0.25) is 0 Å². The van der Waals surface area contributed by atoms with Crippen LogP contribution in [0, 0.1) is 16.7 Å². The van der Waals surface area contributed by atoms with Gasteiger partial charge >= 0.3 is 0 Å². The topological polar surface area (TPSA) is 23.8 Å². The molecule has 1 aliphatic rings. The number of rotatable bonds is 0. The van der Waals surface area contributed by atoms with Crippen molar-refractivity contribution in [3.8, 4) is 6.07 Å². The maximum absolute atomic E-state index is 8.70. The molecule has 1 nitrogen and oxygen atoms in total. The molecule has 1 heteroatoms. The van der Waals surface area contributed by atoms with Gasteiger partial charge in [-0.15, -0.1) is 0 Å². The molecule has 1 rings (SSSR count). The Morgan fingerprint density at radius 3 is 2.11 bits per heavy atom. The zero-order chi connectivity index (χ0) is 6.74. The first-order valence-corrected chi connectivity index (χ1v) is 3.68. The highest BCUT2D eigenvalue weighted by Crippen LogP contribution is 2.34. The van der Waals surface area contributed by atoms with Crippen molar-refractivity contribution >= 4 is 0 Å². The molecule has 0 unspecified atom stereocenters. The van der Waals surface area contributed by atoms with E-state index in [0.29, 0.717) is 0 Å². The third-order valence-corrected chi connectivity index (χ3v) is 2.23. The lowest BCUT2D eigenvalue weighted by molar-refractivity contribution is 0.296. The Kier molecular flexibility index (Phi) is 1.75. The van der Waals surface area contributed by atoms with Crippen LogP contribution in [0.5, 0.6) is 0 Å². The van der Waals surface area contributed by atoms with Gasteiger partial charge < -0.3 is 0 Å². The summed E-state index contributed by atoms with van der Waals surface area (Å²) in [6.45, 7) is 2.08. The van der Waals surface area contributed by atoms with E-state index in [1.165, 1.54) is 19.3 Å². The third kappa shape index (κ3) is 1.45. The summed E-state index contributed by atoms with van der Waals surface area (Å²) in [4.78, 5) is 0. The Bertz CT molecular complexity index is 126. The van der Waals surface area contributed by atoms with Crippen LogP contribution in [0.4, 0.5) is 0 Å². The monoisotopic (exact) mass is 123 g/mol. The summed E-state index contributed by atoms with van der Waals surface area (Å²) in [5, 5.41) is 8.70. The molecule has 0 aromatic carbocycles. The predicted molar refractivity (Wildman–Crippen MR) is 36.8 cm³/mol. The summed E-state index contributed by atoms with van der Waals surface area (Å²) in [6.07, 6.45) is 6.07. The Hall–Kier alpha value is -0.510. The molecular formula is C8H13N. The van der Waals surface area contributed by atoms with Gasteiger partial charge in [-0.2, -0.15) is 5.26 Å². The highest BCUT2D eigenvalue weighted by molar-refractivity contribution is 4.96. The van der Waals surface area contributed by atoms with E-state index in [4.69, 9.17) is 5.26 Å². The molecule has 50 valence electrons. The van der Waals surface area contributed by atoms with Crippen molar-refractivity contribution < 1.29 is 0 Å². The standard InChI is InChI=1S/C8H13N/c1-8(7-9)5-3-2-4-6-8/h2-6H2,1H3. The van der Waals surface area contributed by atoms with E-state index < -0.39 is 0 Å². The van der Waals surface area contributed by atoms with E-state index >= 15 is 0 Å². The van der Waals surface area contributed by atoms with Gasteiger partial charge in [-0.05, 0) is 19.8 Å². The van der Waals surface area contributed by atoms with Gasteiger partial charge in [0.15, 0.2) is 0 Å². The van der Waals surface area contributed by atoms with E-state index in [1.807, 2.05) is 0 Å². The molecule has 0 atom stereocenters. The van der Waals surface area contributed by atoms with E-state index in [9.17, 15) is 0 Å². The molecule has 0 spiro atoms. The van der Waals surface area contributed by atoms with Crippen LogP contribution in [0.25, 0.3) is 0 Å². The zero-order valence-electron chi connectivity index (χ0n) is 5.98. The largest absolute Gasteiger partial charge is 0.198 e. The van der Waals surface area contributed by atoms with Gasteiger partial charge in [-0.1, -0.05) is 19.3 Å². The highest BCUT2D eigenvalue weighted by Gasteiger charge is 2.25. The SMILES string of the molecule is CC1(C#N)CCCCC1. The van der Waals surface area contributed by atoms with Crippen molar-refractivity contribution in [3.63, 3.8) is 0 Å². The van der Waals surface area contributed by atoms with Crippen LogP contribution in [0.3, 0.4) is 0 Å². The molecule has 1 aliphatic carbocycles. The summed E-state index contributed by atoms with van der Waals surface area (Å²) in [5.41, 5.74) is 0.0260. The first kappa shape index (κ1) is 6.61. The van der Waals surface area contributed by atoms with Gasteiger partial charge in [0.1, 0.15) is 0 Å². The van der Waals surface area contributed by atoms with Gasteiger partial charge in [0.2, 0.25) is 0 Å². The van der Waals surface area contributed by atoms with Gasteiger partial charge in [0.25, 0.3) is 0 Å². The molecule has 0 saturated heterocycles. The van der Waals surface area contributed by atoms with Crippen LogP contribution in [0.2, 0.25) is 0 Å². The number of hydrogen-bond donors (Lipinski definition) is 0. The smallest absolute Gasteiger partial charge is 0.0686 e. The third-order valence-electron chi connectivity index (χ3n) is 2.23. The second kappa shape index (κ2) is 2.39.